The van der Waals surface area contributed by atoms with Gasteiger partial charge in [-0.2, -0.15) is 13.2 Å². The van der Waals surface area contributed by atoms with Crippen LogP contribution in [0.5, 0.6) is 0 Å². The highest BCUT2D eigenvalue weighted by Crippen LogP contribution is 2.38. The molecule has 1 N–H and O–H groups in total. The van der Waals surface area contributed by atoms with E-state index in [0.717, 1.165) is 17.0 Å². The number of rotatable bonds is 11. The first-order valence-electron chi connectivity index (χ1n) is 12.5. The van der Waals surface area contributed by atoms with E-state index in [9.17, 15) is 31.2 Å². The molecule has 1 atom stereocenters. The van der Waals surface area contributed by atoms with Crippen molar-refractivity contribution in [2.45, 2.75) is 43.9 Å². The molecule has 13 heteroatoms. The maximum Gasteiger partial charge on any atom is 0.417 e. The van der Waals surface area contributed by atoms with E-state index in [2.05, 4.69) is 5.32 Å². The van der Waals surface area contributed by atoms with Gasteiger partial charge >= 0.3 is 6.18 Å². The first kappa shape index (κ1) is 32.2. The quantitative estimate of drug-likeness (QED) is 0.276. The summed E-state index contributed by atoms with van der Waals surface area (Å²) >= 11 is 12.1. The van der Waals surface area contributed by atoms with Crippen LogP contribution < -0.4 is 9.62 Å². The number of benzene rings is 3. The summed E-state index contributed by atoms with van der Waals surface area (Å²) in [4.78, 5) is 27.6. The number of halogens is 5. The molecule has 3 aromatic carbocycles. The monoisotopic (exact) mass is 629 g/mol. The number of carbonyl (C=O) groups is 2. The zero-order valence-electron chi connectivity index (χ0n) is 22.2. The van der Waals surface area contributed by atoms with Gasteiger partial charge < -0.3 is 10.2 Å². The fraction of sp³-hybridized carbons (Fsp3) is 0.286. The molecule has 0 bridgehead atoms. The third-order valence-electron chi connectivity index (χ3n) is 6.17. The van der Waals surface area contributed by atoms with E-state index in [1.807, 2.05) is 6.92 Å². The first-order valence-corrected chi connectivity index (χ1v) is 14.7. The molecule has 0 heterocycles. The molecule has 3 aromatic rings. The smallest absolute Gasteiger partial charge is 0.354 e. The highest BCUT2D eigenvalue weighted by atomic mass is 35.5. The van der Waals surface area contributed by atoms with Crippen molar-refractivity contribution in [1.82, 2.24) is 10.2 Å². The number of nitrogens with zero attached hydrogens (tertiary/aromatic N) is 2. The summed E-state index contributed by atoms with van der Waals surface area (Å²) in [5.74, 6) is -1.33. The summed E-state index contributed by atoms with van der Waals surface area (Å²) in [5.41, 5.74) is -1.21. The fourth-order valence-corrected chi connectivity index (χ4v) is 5.77. The van der Waals surface area contributed by atoms with Crippen molar-refractivity contribution in [3.63, 3.8) is 0 Å². The Balaban J connectivity index is 2.11. The molecule has 0 aliphatic carbocycles. The van der Waals surface area contributed by atoms with Crippen LogP contribution >= 0.6 is 23.2 Å². The molecule has 0 saturated carbocycles. The van der Waals surface area contributed by atoms with Crippen molar-refractivity contribution in [2.75, 3.05) is 17.4 Å². The molecule has 0 saturated heterocycles. The predicted octanol–water partition coefficient (Wildman–Crippen LogP) is 6.15. The fourth-order valence-electron chi connectivity index (χ4n) is 3.92. The maximum atomic E-state index is 13.8. The zero-order valence-corrected chi connectivity index (χ0v) is 24.5. The van der Waals surface area contributed by atoms with Crippen LogP contribution in [-0.4, -0.2) is 44.3 Å². The molecular weight excluding hydrogens is 602 g/mol. The molecule has 2 amide bonds. The van der Waals surface area contributed by atoms with E-state index in [4.69, 9.17) is 23.2 Å². The lowest BCUT2D eigenvalue weighted by Crippen LogP contribution is -2.51. The summed E-state index contributed by atoms with van der Waals surface area (Å²) in [6.07, 6.45) is -4.25. The lowest BCUT2D eigenvalue weighted by Gasteiger charge is -2.32. The highest BCUT2D eigenvalue weighted by molar-refractivity contribution is 7.92. The Morgan fingerprint density at radius 3 is 2.20 bits per heavy atom. The lowest BCUT2D eigenvalue weighted by molar-refractivity contribution is -0.139. The Morgan fingerprint density at radius 2 is 1.59 bits per heavy atom. The molecular formula is C28H28Cl2F3N3O4S. The van der Waals surface area contributed by atoms with Gasteiger partial charge in [0.05, 0.1) is 21.2 Å². The minimum atomic E-state index is -4.89. The second-order valence-corrected chi connectivity index (χ2v) is 11.7. The van der Waals surface area contributed by atoms with Gasteiger partial charge in [0.2, 0.25) is 11.8 Å². The van der Waals surface area contributed by atoms with Gasteiger partial charge in [-0.15, -0.1) is 0 Å². The minimum Gasteiger partial charge on any atom is -0.354 e. The number of carbonyl (C=O) groups excluding carboxylic acids is 2. The van der Waals surface area contributed by atoms with E-state index in [-0.39, 0.29) is 11.4 Å². The molecule has 0 radical (unpaired) electrons. The van der Waals surface area contributed by atoms with Gasteiger partial charge in [0.1, 0.15) is 12.6 Å². The predicted molar refractivity (Wildman–Crippen MR) is 152 cm³/mol. The molecule has 0 aliphatic heterocycles. The van der Waals surface area contributed by atoms with Crippen molar-refractivity contribution in [3.8, 4) is 0 Å². The number of amides is 2. The van der Waals surface area contributed by atoms with E-state index >= 15 is 0 Å². The number of hydrogen-bond acceptors (Lipinski definition) is 4. The van der Waals surface area contributed by atoms with Crippen LogP contribution in [0.4, 0.5) is 18.9 Å². The van der Waals surface area contributed by atoms with Crippen molar-refractivity contribution in [1.29, 1.82) is 0 Å². The number of sulfonamides is 1. The highest BCUT2D eigenvalue weighted by Gasteiger charge is 2.37. The Kier molecular flexibility index (Phi) is 10.7. The van der Waals surface area contributed by atoms with Crippen LogP contribution in [0.2, 0.25) is 10.0 Å². The number of anilines is 1. The van der Waals surface area contributed by atoms with Crippen LogP contribution in [-0.2, 0) is 32.3 Å². The van der Waals surface area contributed by atoms with Gasteiger partial charge in [-0.1, -0.05) is 66.5 Å². The Labute approximate surface area is 246 Å². The zero-order chi connectivity index (χ0) is 30.4. The van der Waals surface area contributed by atoms with Crippen LogP contribution in [0, 0.1) is 0 Å². The number of hydrogen-bond donors (Lipinski definition) is 1. The van der Waals surface area contributed by atoms with Crippen LogP contribution in [0.3, 0.4) is 0 Å². The van der Waals surface area contributed by atoms with Crippen LogP contribution in [0.1, 0.15) is 31.4 Å². The van der Waals surface area contributed by atoms with Gasteiger partial charge in [0, 0.05) is 18.1 Å². The summed E-state index contributed by atoms with van der Waals surface area (Å²) < 4.78 is 69.1. The molecule has 0 aliphatic rings. The van der Waals surface area contributed by atoms with E-state index in [1.165, 1.54) is 31.2 Å². The standard InChI is InChI=1S/C28H28Cl2F3N3O4S/c1-3-15-34-27(38)19(2)35(17-20-9-7-8-12-24(20)29)26(37)18-36(41(39,40)22-10-5-4-6-11-22)21-13-14-25(30)23(16-21)28(31,32)33/h4-14,16,19H,3,15,17-18H2,1-2H3,(H,34,38). The van der Waals surface area contributed by atoms with Gasteiger partial charge in [-0.05, 0) is 55.3 Å². The SMILES string of the molecule is CCCNC(=O)C(C)N(Cc1ccccc1Cl)C(=O)CN(c1ccc(Cl)c(C(F)(F)F)c1)S(=O)(=O)c1ccccc1. The molecule has 3 rings (SSSR count). The minimum absolute atomic E-state index is 0.160. The molecule has 220 valence electrons. The average Bonchev–Trinajstić information content (AvgIpc) is 2.93. The molecule has 0 spiro atoms. The first-order chi connectivity index (χ1) is 19.3. The van der Waals surface area contributed by atoms with Crippen molar-refractivity contribution >= 4 is 50.7 Å². The topological polar surface area (TPSA) is 86.8 Å². The van der Waals surface area contributed by atoms with Crippen LogP contribution in [0.15, 0.2) is 77.7 Å². The lowest BCUT2D eigenvalue weighted by atomic mass is 10.1. The summed E-state index contributed by atoms with van der Waals surface area (Å²) in [6.45, 7) is 2.60. The maximum absolute atomic E-state index is 13.8. The van der Waals surface area contributed by atoms with Gasteiger partial charge in [0.25, 0.3) is 10.0 Å². The summed E-state index contributed by atoms with van der Waals surface area (Å²) in [7, 11) is -4.55. The second kappa shape index (κ2) is 13.6. The number of nitrogens with one attached hydrogen (secondary N) is 1. The number of alkyl halides is 3. The summed E-state index contributed by atoms with van der Waals surface area (Å²) in [6, 6.07) is 15.1. The molecule has 41 heavy (non-hydrogen) atoms. The molecule has 1 unspecified atom stereocenters. The molecule has 0 aromatic heterocycles. The van der Waals surface area contributed by atoms with Gasteiger partial charge in [-0.25, -0.2) is 8.42 Å². The van der Waals surface area contributed by atoms with Crippen LogP contribution in [0.25, 0.3) is 0 Å². The van der Waals surface area contributed by atoms with Gasteiger partial charge in [-0.3, -0.25) is 13.9 Å². The van der Waals surface area contributed by atoms with E-state index in [1.54, 1.807) is 30.3 Å². The van der Waals surface area contributed by atoms with Crippen molar-refractivity contribution in [2.24, 2.45) is 0 Å². The second-order valence-electron chi connectivity index (χ2n) is 9.07. The Bertz CT molecular complexity index is 1490. The Hall–Kier alpha value is -3.28. The third kappa shape index (κ3) is 7.93. The van der Waals surface area contributed by atoms with Crippen molar-refractivity contribution < 1.29 is 31.2 Å². The summed E-state index contributed by atoms with van der Waals surface area (Å²) in [5, 5.41) is 2.38. The van der Waals surface area contributed by atoms with Crippen molar-refractivity contribution in [3.05, 3.63) is 94.0 Å². The Morgan fingerprint density at radius 1 is 0.951 bits per heavy atom. The van der Waals surface area contributed by atoms with E-state index in [0.29, 0.717) is 33.9 Å². The normalized spacial score (nSPS) is 12.5. The molecule has 7 nitrogen and oxygen atoms in total. The molecule has 0 fully saturated rings. The largest absolute Gasteiger partial charge is 0.417 e. The average molecular weight is 631 g/mol. The van der Waals surface area contributed by atoms with E-state index < -0.39 is 56.9 Å². The third-order valence-corrected chi connectivity index (χ3v) is 8.65. The van der Waals surface area contributed by atoms with Gasteiger partial charge in [0.15, 0.2) is 0 Å².